The molecule has 140 valence electrons. The molecule has 2 aromatic rings. The molecule has 0 fully saturated rings. The van der Waals surface area contributed by atoms with Gasteiger partial charge in [-0.25, -0.2) is 9.67 Å². The van der Waals surface area contributed by atoms with Crippen molar-refractivity contribution in [2.45, 2.75) is 38.5 Å². The first-order valence-electron chi connectivity index (χ1n) is 8.93. The third kappa shape index (κ3) is 4.51. The maximum absolute atomic E-state index is 10.4. The van der Waals surface area contributed by atoms with Gasteiger partial charge in [-0.2, -0.15) is 5.10 Å². The van der Waals surface area contributed by atoms with Gasteiger partial charge >= 0.3 is 0 Å². The molecule has 8 nitrogen and oxygen atoms in total. The predicted molar refractivity (Wildman–Crippen MR) is 99.2 cm³/mol. The number of rotatable bonds is 6. The minimum Gasteiger partial charge on any atom is -0.497 e. The summed E-state index contributed by atoms with van der Waals surface area (Å²) in [5.74, 6) is 2.50. The van der Waals surface area contributed by atoms with Gasteiger partial charge in [0.25, 0.3) is 0 Å². The number of aliphatic hydroxyl groups is 1. The minimum atomic E-state index is -0.662. The Morgan fingerprint density at radius 2 is 2.23 bits per heavy atom. The standard InChI is InChI=1S/C18H26N6O2/c1-3-19-18(23-14-6-9-17-21-12-22-24(17)11-14)20-10-16(25)13-4-7-15(26-2)8-5-13/h4-5,7-8,12,14,16,25H,3,6,9-11H2,1-2H3,(H2,19,20,23). The average Bonchev–Trinajstić information content (AvgIpc) is 3.14. The van der Waals surface area contributed by atoms with Crippen LogP contribution in [0.1, 0.15) is 30.8 Å². The highest BCUT2D eigenvalue weighted by Crippen LogP contribution is 2.18. The van der Waals surface area contributed by atoms with Gasteiger partial charge in [0.15, 0.2) is 5.96 Å². The van der Waals surface area contributed by atoms with Crippen molar-refractivity contribution in [3.05, 3.63) is 42.0 Å². The zero-order valence-corrected chi connectivity index (χ0v) is 15.2. The number of methoxy groups -OCH3 is 1. The number of hydrogen-bond donors (Lipinski definition) is 3. The number of aromatic nitrogens is 3. The van der Waals surface area contributed by atoms with Crippen molar-refractivity contribution >= 4 is 5.96 Å². The van der Waals surface area contributed by atoms with Crippen LogP contribution in [0.4, 0.5) is 0 Å². The van der Waals surface area contributed by atoms with E-state index in [-0.39, 0.29) is 12.6 Å². The molecule has 0 saturated carbocycles. The first-order chi connectivity index (χ1) is 12.7. The summed E-state index contributed by atoms with van der Waals surface area (Å²) < 4.78 is 7.07. The molecular weight excluding hydrogens is 332 g/mol. The highest BCUT2D eigenvalue weighted by Gasteiger charge is 2.20. The number of ether oxygens (including phenoxy) is 1. The summed E-state index contributed by atoms with van der Waals surface area (Å²) in [6, 6.07) is 7.62. The number of guanidine groups is 1. The van der Waals surface area contributed by atoms with Crippen LogP contribution in [-0.4, -0.2) is 52.1 Å². The Kier molecular flexibility index (Phi) is 6.06. The van der Waals surface area contributed by atoms with E-state index in [4.69, 9.17) is 4.74 Å². The number of hydrogen-bond acceptors (Lipinski definition) is 5. The molecule has 0 bridgehead atoms. The molecule has 2 unspecified atom stereocenters. The van der Waals surface area contributed by atoms with Gasteiger partial charge < -0.3 is 20.5 Å². The molecule has 1 aromatic carbocycles. The summed E-state index contributed by atoms with van der Waals surface area (Å²) in [5, 5.41) is 21.3. The van der Waals surface area contributed by atoms with Gasteiger partial charge in [-0.15, -0.1) is 0 Å². The van der Waals surface area contributed by atoms with Crippen LogP contribution in [0.5, 0.6) is 5.75 Å². The Balaban J connectivity index is 1.59. The van der Waals surface area contributed by atoms with E-state index in [1.165, 1.54) is 0 Å². The van der Waals surface area contributed by atoms with Crippen molar-refractivity contribution in [2.24, 2.45) is 4.99 Å². The molecule has 0 saturated heterocycles. The number of nitrogens with one attached hydrogen (secondary N) is 2. The molecule has 3 N–H and O–H groups in total. The molecule has 1 aromatic heterocycles. The summed E-state index contributed by atoms with van der Waals surface area (Å²) in [6.45, 7) is 3.82. The lowest BCUT2D eigenvalue weighted by Crippen LogP contribution is -2.47. The van der Waals surface area contributed by atoms with E-state index in [1.54, 1.807) is 13.4 Å². The molecule has 2 heterocycles. The zero-order chi connectivity index (χ0) is 18.4. The summed E-state index contributed by atoms with van der Waals surface area (Å²) in [6.07, 6.45) is 2.81. The van der Waals surface area contributed by atoms with E-state index < -0.39 is 6.10 Å². The molecule has 0 spiro atoms. The van der Waals surface area contributed by atoms with Crippen LogP contribution in [0.2, 0.25) is 0 Å². The number of aliphatic hydroxyl groups excluding tert-OH is 1. The fourth-order valence-electron chi connectivity index (χ4n) is 2.98. The van der Waals surface area contributed by atoms with E-state index in [1.807, 2.05) is 35.9 Å². The fraction of sp³-hybridized carbons (Fsp3) is 0.500. The molecule has 0 aliphatic carbocycles. The first-order valence-corrected chi connectivity index (χ1v) is 8.93. The van der Waals surface area contributed by atoms with E-state index >= 15 is 0 Å². The molecule has 3 rings (SSSR count). The topological polar surface area (TPSA) is 96.6 Å². The van der Waals surface area contributed by atoms with Gasteiger partial charge in [0, 0.05) is 19.0 Å². The van der Waals surface area contributed by atoms with Gasteiger partial charge in [0.2, 0.25) is 0 Å². The van der Waals surface area contributed by atoms with Crippen LogP contribution in [0, 0.1) is 0 Å². The van der Waals surface area contributed by atoms with Gasteiger partial charge in [-0.3, -0.25) is 4.99 Å². The number of benzene rings is 1. The Hall–Kier alpha value is -2.61. The second-order valence-electron chi connectivity index (χ2n) is 6.25. The Morgan fingerprint density at radius 3 is 2.96 bits per heavy atom. The van der Waals surface area contributed by atoms with Crippen molar-refractivity contribution in [3.8, 4) is 5.75 Å². The van der Waals surface area contributed by atoms with E-state index in [0.717, 1.165) is 43.1 Å². The second-order valence-corrected chi connectivity index (χ2v) is 6.25. The van der Waals surface area contributed by atoms with Crippen molar-refractivity contribution in [2.75, 3.05) is 20.2 Å². The van der Waals surface area contributed by atoms with Crippen LogP contribution in [0.3, 0.4) is 0 Å². The smallest absolute Gasteiger partial charge is 0.191 e. The van der Waals surface area contributed by atoms with Crippen LogP contribution >= 0.6 is 0 Å². The average molecular weight is 358 g/mol. The van der Waals surface area contributed by atoms with E-state index in [0.29, 0.717) is 5.96 Å². The lowest BCUT2D eigenvalue weighted by molar-refractivity contribution is 0.187. The van der Waals surface area contributed by atoms with E-state index in [9.17, 15) is 5.11 Å². The molecule has 0 radical (unpaired) electrons. The fourth-order valence-corrected chi connectivity index (χ4v) is 2.98. The van der Waals surface area contributed by atoms with Gasteiger partial charge in [0.05, 0.1) is 26.3 Å². The first kappa shape index (κ1) is 18.2. The summed E-state index contributed by atoms with van der Waals surface area (Å²) >= 11 is 0. The summed E-state index contributed by atoms with van der Waals surface area (Å²) in [7, 11) is 1.62. The molecule has 2 atom stereocenters. The predicted octanol–water partition coefficient (Wildman–Crippen LogP) is 0.890. The Bertz CT molecular complexity index is 728. The number of aryl methyl sites for hydroxylation is 1. The monoisotopic (exact) mass is 358 g/mol. The largest absolute Gasteiger partial charge is 0.497 e. The molecule has 1 aliphatic rings. The van der Waals surface area contributed by atoms with Gasteiger partial charge in [0.1, 0.15) is 17.9 Å². The van der Waals surface area contributed by atoms with Crippen molar-refractivity contribution in [1.29, 1.82) is 0 Å². The maximum atomic E-state index is 10.4. The van der Waals surface area contributed by atoms with Gasteiger partial charge in [-0.1, -0.05) is 12.1 Å². The zero-order valence-electron chi connectivity index (χ0n) is 15.2. The lowest BCUT2D eigenvalue weighted by Gasteiger charge is -2.25. The highest BCUT2D eigenvalue weighted by molar-refractivity contribution is 5.80. The van der Waals surface area contributed by atoms with Crippen LogP contribution in [0.25, 0.3) is 0 Å². The van der Waals surface area contributed by atoms with Crippen LogP contribution < -0.4 is 15.4 Å². The Morgan fingerprint density at radius 1 is 1.42 bits per heavy atom. The lowest BCUT2D eigenvalue weighted by atomic mass is 10.1. The molecule has 0 amide bonds. The normalized spacial score (nSPS) is 18.1. The molecule has 26 heavy (non-hydrogen) atoms. The van der Waals surface area contributed by atoms with E-state index in [2.05, 4.69) is 25.7 Å². The highest BCUT2D eigenvalue weighted by atomic mass is 16.5. The van der Waals surface area contributed by atoms with Crippen molar-refractivity contribution in [1.82, 2.24) is 25.4 Å². The van der Waals surface area contributed by atoms with Crippen LogP contribution in [0.15, 0.2) is 35.6 Å². The number of nitrogens with zero attached hydrogens (tertiary/aromatic N) is 4. The quantitative estimate of drug-likeness (QED) is 0.524. The third-order valence-corrected chi connectivity index (χ3v) is 4.41. The second kappa shape index (κ2) is 8.66. The molecular formula is C18H26N6O2. The maximum Gasteiger partial charge on any atom is 0.191 e. The summed E-state index contributed by atoms with van der Waals surface area (Å²) in [4.78, 5) is 8.79. The Labute approximate surface area is 153 Å². The summed E-state index contributed by atoms with van der Waals surface area (Å²) in [5.41, 5.74) is 0.815. The van der Waals surface area contributed by atoms with Gasteiger partial charge in [-0.05, 0) is 31.0 Å². The van der Waals surface area contributed by atoms with Crippen molar-refractivity contribution < 1.29 is 9.84 Å². The van der Waals surface area contributed by atoms with Crippen molar-refractivity contribution in [3.63, 3.8) is 0 Å². The molecule has 1 aliphatic heterocycles. The SMILES string of the molecule is CCNC(=NCC(O)c1ccc(OC)cc1)NC1CCc2ncnn2C1. The van der Waals surface area contributed by atoms with Crippen LogP contribution in [-0.2, 0) is 13.0 Å². The molecule has 8 heteroatoms. The third-order valence-electron chi connectivity index (χ3n) is 4.41. The number of aliphatic imine (C=N–C) groups is 1. The number of fused-ring (bicyclic) bond motifs is 1. The minimum absolute atomic E-state index is 0.236.